The summed E-state index contributed by atoms with van der Waals surface area (Å²) in [5.41, 5.74) is 5.93. The molecule has 1 fully saturated rings. The smallest absolute Gasteiger partial charge is 0.223 e. The van der Waals surface area contributed by atoms with Crippen molar-refractivity contribution in [3.8, 4) is 0 Å². The van der Waals surface area contributed by atoms with Gasteiger partial charge >= 0.3 is 0 Å². The fraction of sp³-hybridized carbons (Fsp3) is 0.917. The Kier molecular flexibility index (Phi) is 4.58. The predicted octanol–water partition coefficient (Wildman–Crippen LogP) is 1.62. The van der Waals surface area contributed by atoms with E-state index in [4.69, 9.17) is 5.73 Å². The highest BCUT2D eigenvalue weighted by Crippen LogP contribution is 2.32. The number of nitrogens with two attached hydrogens (primary N) is 1. The summed E-state index contributed by atoms with van der Waals surface area (Å²) in [7, 11) is 1.88. The molecule has 1 unspecified atom stereocenters. The SMILES string of the molecule is CC(C)CCN(C)C(=O)CC(N)C1CC1. The summed E-state index contributed by atoms with van der Waals surface area (Å²) >= 11 is 0. The number of hydrogen-bond donors (Lipinski definition) is 1. The fourth-order valence-corrected chi connectivity index (χ4v) is 1.63. The fourth-order valence-electron chi connectivity index (χ4n) is 1.63. The van der Waals surface area contributed by atoms with Crippen LogP contribution in [0.5, 0.6) is 0 Å². The summed E-state index contributed by atoms with van der Waals surface area (Å²) in [6.07, 6.45) is 4.02. The van der Waals surface area contributed by atoms with Crippen molar-refractivity contribution in [3.05, 3.63) is 0 Å². The summed E-state index contributed by atoms with van der Waals surface area (Å²) in [5.74, 6) is 1.47. The van der Waals surface area contributed by atoms with E-state index in [2.05, 4.69) is 13.8 Å². The second-order valence-corrected chi connectivity index (χ2v) is 5.20. The van der Waals surface area contributed by atoms with Crippen LogP contribution in [-0.4, -0.2) is 30.4 Å². The Morgan fingerprint density at radius 3 is 2.53 bits per heavy atom. The molecular formula is C12H24N2O. The molecule has 1 amide bonds. The highest BCUT2D eigenvalue weighted by molar-refractivity contribution is 5.76. The molecule has 3 nitrogen and oxygen atoms in total. The van der Waals surface area contributed by atoms with Gasteiger partial charge in [-0.25, -0.2) is 0 Å². The Bertz CT molecular complexity index is 212. The normalized spacial score (nSPS) is 17.9. The molecule has 0 aromatic carbocycles. The van der Waals surface area contributed by atoms with Crippen LogP contribution in [0, 0.1) is 11.8 Å². The molecule has 0 aromatic heterocycles. The molecule has 0 saturated heterocycles. The van der Waals surface area contributed by atoms with Gasteiger partial charge < -0.3 is 10.6 Å². The van der Waals surface area contributed by atoms with Gasteiger partial charge in [-0.05, 0) is 31.1 Å². The number of rotatable bonds is 6. The first-order valence-corrected chi connectivity index (χ1v) is 6.00. The monoisotopic (exact) mass is 212 g/mol. The molecule has 0 aromatic rings. The summed E-state index contributed by atoms with van der Waals surface area (Å²) < 4.78 is 0. The lowest BCUT2D eigenvalue weighted by atomic mass is 10.1. The van der Waals surface area contributed by atoms with Crippen LogP contribution in [-0.2, 0) is 4.79 Å². The number of amides is 1. The van der Waals surface area contributed by atoms with E-state index in [1.807, 2.05) is 11.9 Å². The molecule has 0 heterocycles. The maximum atomic E-state index is 11.7. The van der Waals surface area contributed by atoms with Crippen LogP contribution in [0.25, 0.3) is 0 Å². The molecule has 1 rings (SSSR count). The first-order valence-electron chi connectivity index (χ1n) is 6.00. The van der Waals surface area contributed by atoms with E-state index in [9.17, 15) is 4.79 Å². The van der Waals surface area contributed by atoms with E-state index in [-0.39, 0.29) is 11.9 Å². The van der Waals surface area contributed by atoms with Crippen LogP contribution in [0.15, 0.2) is 0 Å². The number of nitrogens with zero attached hydrogens (tertiary/aromatic N) is 1. The van der Waals surface area contributed by atoms with Gasteiger partial charge in [-0.3, -0.25) is 4.79 Å². The highest BCUT2D eigenvalue weighted by Gasteiger charge is 2.30. The molecular weight excluding hydrogens is 188 g/mol. The minimum atomic E-state index is 0.0963. The van der Waals surface area contributed by atoms with E-state index < -0.39 is 0 Å². The lowest BCUT2D eigenvalue weighted by molar-refractivity contribution is -0.130. The van der Waals surface area contributed by atoms with Gasteiger partial charge in [0.05, 0.1) is 0 Å². The molecule has 1 aliphatic rings. The van der Waals surface area contributed by atoms with E-state index in [1.165, 1.54) is 12.8 Å². The van der Waals surface area contributed by atoms with Crippen LogP contribution in [0.1, 0.15) is 39.5 Å². The van der Waals surface area contributed by atoms with Crippen LogP contribution in [0.2, 0.25) is 0 Å². The highest BCUT2D eigenvalue weighted by atomic mass is 16.2. The lowest BCUT2D eigenvalue weighted by Crippen LogP contribution is -2.35. The maximum Gasteiger partial charge on any atom is 0.223 e. The Hall–Kier alpha value is -0.570. The zero-order valence-electron chi connectivity index (χ0n) is 10.2. The Balaban J connectivity index is 2.19. The van der Waals surface area contributed by atoms with Crippen molar-refractivity contribution in [1.82, 2.24) is 4.90 Å². The minimum absolute atomic E-state index is 0.0963. The molecule has 88 valence electrons. The Morgan fingerprint density at radius 2 is 2.07 bits per heavy atom. The molecule has 0 bridgehead atoms. The van der Waals surface area contributed by atoms with Crippen molar-refractivity contribution in [3.63, 3.8) is 0 Å². The van der Waals surface area contributed by atoms with Crippen molar-refractivity contribution in [2.45, 2.75) is 45.6 Å². The topological polar surface area (TPSA) is 46.3 Å². The standard InChI is InChI=1S/C12H24N2O/c1-9(2)6-7-14(3)12(15)8-11(13)10-4-5-10/h9-11H,4-8,13H2,1-3H3. The van der Waals surface area contributed by atoms with Crippen molar-refractivity contribution in [2.24, 2.45) is 17.6 Å². The Labute approximate surface area is 93.0 Å². The maximum absolute atomic E-state index is 11.7. The zero-order chi connectivity index (χ0) is 11.4. The van der Waals surface area contributed by atoms with Crippen molar-refractivity contribution >= 4 is 5.91 Å². The second-order valence-electron chi connectivity index (χ2n) is 5.20. The number of hydrogen-bond acceptors (Lipinski definition) is 2. The molecule has 0 aliphatic heterocycles. The summed E-state index contributed by atoms with van der Waals surface area (Å²) in [4.78, 5) is 13.6. The quantitative estimate of drug-likeness (QED) is 0.727. The minimum Gasteiger partial charge on any atom is -0.346 e. The Morgan fingerprint density at radius 1 is 1.47 bits per heavy atom. The van der Waals surface area contributed by atoms with Gasteiger partial charge in [0.2, 0.25) is 5.91 Å². The van der Waals surface area contributed by atoms with Crippen molar-refractivity contribution < 1.29 is 4.79 Å². The third-order valence-corrected chi connectivity index (χ3v) is 3.11. The average Bonchev–Trinajstić information content (AvgIpc) is 2.96. The number of carbonyl (C=O) groups excluding carboxylic acids is 1. The van der Waals surface area contributed by atoms with Gasteiger partial charge in [0.15, 0.2) is 0 Å². The third-order valence-electron chi connectivity index (χ3n) is 3.11. The molecule has 0 radical (unpaired) electrons. The van der Waals surface area contributed by atoms with Crippen LogP contribution in [0.3, 0.4) is 0 Å². The molecule has 1 atom stereocenters. The van der Waals surface area contributed by atoms with Crippen LogP contribution < -0.4 is 5.73 Å². The first-order chi connectivity index (χ1) is 7.00. The van der Waals surface area contributed by atoms with Gasteiger partial charge in [0, 0.05) is 26.1 Å². The van der Waals surface area contributed by atoms with Gasteiger partial charge in [-0.15, -0.1) is 0 Å². The largest absolute Gasteiger partial charge is 0.346 e. The molecule has 0 spiro atoms. The van der Waals surface area contributed by atoms with E-state index >= 15 is 0 Å². The van der Waals surface area contributed by atoms with Crippen LogP contribution >= 0.6 is 0 Å². The van der Waals surface area contributed by atoms with Crippen molar-refractivity contribution in [2.75, 3.05) is 13.6 Å². The number of carbonyl (C=O) groups is 1. The zero-order valence-corrected chi connectivity index (χ0v) is 10.2. The van der Waals surface area contributed by atoms with E-state index in [0.29, 0.717) is 18.3 Å². The van der Waals surface area contributed by atoms with Gasteiger partial charge in [0.25, 0.3) is 0 Å². The molecule has 15 heavy (non-hydrogen) atoms. The average molecular weight is 212 g/mol. The second kappa shape index (κ2) is 5.50. The molecule has 1 saturated carbocycles. The predicted molar refractivity (Wildman–Crippen MR) is 62.4 cm³/mol. The molecule has 3 heteroatoms. The lowest BCUT2D eigenvalue weighted by Gasteiger charge is -2.20. The van der Waals surface area contributed by atoms with E-state index in [0.717, 1.165) is 13.0 Å². The van der Waals surface area contributed by atoms with Crippen LogP contribution in [0.4, 0.5) is 0 Å². The first kappa shape index (κ1) is 12.5. The van der Waals surface area contributed by atoms with Gasteiger partial charge in [0.1, 0.15) is 0 Å². The molecule has 1 aliphatic carbocycles. The van der Waals surface area contributed by atoms with E-state index in [1.54, 1.807) is 0 Å². The van der Waals surface area contributed by atoms with Gasteiger partial charge in [-0.1, -0.05) is 13.8 Å². The summed E-state index contributed by atoms with van der Waals surface area (Å²) in [5, 5.41) is 0. The summed E-state index contributed by atoms with van der Waals surface area (Å²) in [6, 6.07) is 0.0963. The van der Waals surface area contributed by atoms with Crippen molar-refractivity contribution in [1.29, 1.82) is 0 Å². The molecule has 2 N–H and O–H groups in total. The third kappa shape index (κ3) is 4.65. The summed E-state index contributed by atoms with van der Waals surface area (Å²) in [6.45, 7) is 5.20. The van der Waals surface area contributed by atoms with Gasteiger partial charge in [-0.2, -0.15) is 0 Å².